The van der Waals surface area contributed by atoms with Crippen molar-refractivity contribution in [2.75, 3.05) is 12.1 Å². The van der Waals surface area contributed by atoms with Crippen molar-refractivity contribution in [3.63, 3.8) is 0 Å². The van der Waals surface area contributed by atoms with Crippen molar-refractivity contribution >= 4 is 22.7 Å². The smallest absolute Gasteiger partial charge is 0.281 e. The molecule has 0 aliphatic heterocycles. The normalized spacial score (nSPS) is 12.2. The molecule has 22 heavy (non-hydrogen) atoms. The van der Waals surface area contributed by atoms with Crippen LogP contribution in [0.25, 0.3) is 10.9 Å². The van der Waals surface area contributed by atoms with Gasteiger partial charge in [0, 0.05) is 21.0 Å². The zero-order valence-electron chi connectivity index (χ0n) is 12.9. The van der Waals surface area contributed by atoms with Crippen molar-refractivity contribution in [1.82, 2.24) is 9.66 Å². The lowest BCUT2D eigenvalue weighted by atomic mass is 10.2. The Hall–Kier alpha value is -2.54. The van der Waals surface area contributed by atoms with Crippen LogP contribution >= 0.6 is 0 Å². The van der Waals surface area contributed by atoms with Crippen LogP contribution in [0.5, 0.6) is 0 Å². The highest BCUT2D eigenvalue weighted by Gasteiger charge is 2.25. The summed E-state index contributed by atoms with van der Waals surface area (Å²) in [6.45, 7) is 4.11. The second-order valence-electron chi connectivity index (χ2n) is 4.83. The van der Waals surface area contributed by atoms with Gasteiger partial charge in [0.1, 0.15) is 6.10 Å². The van der Waals surface area contributed by atoms with Crippen molar-refractivity contribution in [2.45, 2.75) is 26.9 Å². The number of ether oxygens (including phenoxy) is 1. The number of methoxy groups -OCH3 is 1. The largest absolute Gasteiger partial charge is 0.374 e. The highest BCUT2D eigenvalue weighted by atomic mass is 16.5. The van der Waals surface area contributed by atoms with Crippen LogP contribution in [0.1, 0.15) is 32.7 Å². The molecule has 0 saturated heterocycles. The minimum absolute atomic E-state index is 0.191. The molecule has 1 aromatic heterocycles. The van der Waals surface area contributed by atoms with E-state index in [4.69, 9.17) is 4.74 Å². The molecule has 0 fully saturated rings. The molecule has 116 valence electrons. The van der Waals surface area contributed by atoms with Gasteiger partial charge in [-0.15, -0.1) is 0 Å². The number of nitrogens with zero attached hydrogens (tertiary/aromatic N) is 3. The molecule has 0 aliphatic carbocycles. The van der Waals surface area contributed by atoms with Gasteiger partial charge in [0.15, 0.2) is 5.82 Å². The lowest BCUT2D eigenvalue weighted by molar-refractivity contribution is -0.126. The Morgan fingerprint density at radius 3 is 2.36 bits per heavy atom. The van der Waals surface area contributed by atoms with Gasteiger partial charge in [-0.25, -0.2) is 4.98 Å². The van der Waals surface area contributed by atoms with E-state index in [2.05, 4.69) is 4.98 Å². The van der Waals surface area contributed by atoms with Crippen molar-refractivity contribution in [2.24, 2.45) is 0 Å². The SMILES string of the molecule is CO[C@@H](C)c1nc2ccccc2c(=O)n1N(C(C)=O)C(C)=O. The maximum Gasteiger partial charge on any atom is 0.281 e. The molecule has 1 heterocycles. The molecular weight excluding hydrogens is 286 g/mol. The third-order valence-electron chi connectivity index (χ3n) is 3.29. The molecule has 1 atom stereocenters. The maximum absolute atomic E-state index is 12.7. The van der Waals surface area contributed by atoms with Gasteiger partial charge in [-0.1, -0.05) is 12.1 Å². The Kier molecular flexibility index (Phi) is 4.37. The molecule has 7 heteroatoms. The second kappa shape index (κ2) is 6.07. The van der Waals surface area contributed by atoms with E-state index in [0.29, 0.717) is 10.9 Å². The minimum Gasteiger partial charge on any atom is -0.374 e. The number of benzene rings is 1. The van der Waals surface area contributed by atoms with E-state index in [1.165, 1.54) is 21.0 Å². The van der Waals surface area contributed by atoms with Gasteiger partial charge < -0.3 is 4.74 Å². The standard InChI is InChI=1S/C15H17N3O4/c1-9(22-4)14-16-13-8-6-5-7-12(13)15(21)18(14)17(10(2)19)11(3)20/h5-9H,1-4H3/t9-/m0/s1. The third-order valence-corrected chi connectivity index (χ3v) is 3.29. The Labute approximate surface area is 127 Å². The van der Waals surface area contributed by atoms with Gasteiger partial charge in [0.2, 0.25) is 11.8 Å². The molecule has 0 radical (unpaired) electrons. The lowest BCUT2D eigenvalue weighted by Gasteiger charge is -2.24. The number of fused-ring (bicyclic) bond motifs is 1. The quantitative estimate of drug-likeness (QED) is 0.849. The van der Waals surface area contributed by atoms with Crippen LogP contribution in [0.15, 0.2) is 29.1 Å². The van der Waals surface area contributed by atoms with Crippen LogP contribution in [-0.4, -0.2) is 28.6 Å². The molecule has 0 bridgehead atoms. The van der Waals surface area contributed by atoms with E-state index in [1.807, 2.05) is 0 Å². The third kappa shape index (κ3) is 2.62. The Morgan fingerprint density at radius 2 is 1.82 bits per heavy atom. The van der Waals surface area contributed by atoms with Crippen molar-refractivity contribution in [3.05, 3.63) is 40.4 Å². The van der Waals surface area contributed by atoms with Crippen LogP contribution < -0.4 is 10.6 Å². The van der Waals surface area contributed by atoms with E-state index in [0.717, 1.165) is 9.69 Å². The molecule has 2 aromatic rings. The van der Waals surface area contributed by atoms with Gasteiger partial charge in [0.25, 0.3) is 5.56 Å². The van der Waals surface area contributed by atoms with Crippen LogP contribution in [0.4, 0.5) is 0 Å². The van der Waals surface area contributed by atoms with Crippen molar-refractivity contribution in [3.8, 4) is 0 Å². The molecule has 2 rings (SSSR count). The predicted molar refractivity (Wildman–Crippen MR) is 81.0 cm³/mol. The fraction of sp³-hybridized carbons (Fsp3) is 0.333. The first-order valence-electron chi connectivity index (χ1n) is 6.74. The van der Waals surface area contributed by atoms with E-state index in [9.17, 15) is 14.4 Å². The number of para-hydroxylation sites is 1. The van der Waals surface area contributed by atoms with Crippen LogP contribution in [0, 0.1) is 0 Å². The summed E-state index contributed by atoms with van der Waals surface area (Å²) >= 11 is 0. The molecule has 0 N–H and O–H groups in total. The number of amides is 2. The second-order valence-corrected chi connectivity index (χ2v) is 4.83. The molecule has 7 nitrogen and oxygen atoms in total. The highest BCUT2D eigenvalue weighted by molar-refractivity contribution is 6.06. The molecule has 0 unspecified atom stereocenters. The molecule has 1 aromatic carbocycles. The first-order valence-corrected chi connectivity index (χ1v) is 6.74. The van der Waals surface area contributed by atoms with Gasteiger partial charge in [0.05, 0.1) is 10.9 Å². The summed E-state index contributed by atoms with van der Waals surface area (Å²) in [5.41, 5.74) is -0.00963. The molecule has 0 saturated carbocycles. The number of aromatic nitrogens is 2. The van der Waals surface area contributed by atoms with Crippen molar-refractivity contribution < 1.29 is 14.3 Å². The van der Waals surface area contributed by atoms with Gasteiger partial charge >= 0.3 is 0 Å². The number of rotatable bonds is 3. The predicted octanol–water partition coefficient (Wildman–Crippen LogP) is 1.13. The zero-order chi connectivity index (χ0) is 16.4. The van der Waals surface area contributed by atoms with Crippen LogP contribution in [0.2, 0.25) is 0 Å². The summed E-state index contributed by atoms with van der Waals surface area (Å²) in [6.07, 6.45) is -0.571. The summed E-state index contributed by atoms with van der Waals surface area (Å²) in [6, 6.07) is 6.74. The zero-order valence-corrected chi connectivity index (χ0v) is 12.9. The molecular formula is C15H17N3O4. The Balaban J connectivity index is 2.90. The number of hydrogen-bond donors (Lipinski definition) is 0. The average molecular weight is 303 g/mol. The maximum atomic E-state index is 12.7. The molecule has 2 amide bonds. The van der Waals surface area contributed by atoms with Crippen molar-refractivity contribution in [1.29, 1.82) is 0 Å². The number of carbonyl (C=O) groups excluding carboxylic acids is 2. The summed E-state index contributed by atoms with van der Waals surface area (Å²) in [7, 11) is 1.46. The molecule has 0 aliphatic rings. The fourth-order valence-corrected chi connectivity index (χ4v) is 2.21. The highest BCUT2D eigenvalue weighted by Crippen LogP contribution is 2.16. The van der Waals surface area contributed by atoms with E-state index < -0.39 is 23.5 Å². The topological polar surface area (TPSA) is 81.5 Å². The van der Waals surface area contributed by atoms with E-state index >= 15 is 0 Å². The summed E-state index contributed by atoms with van der Waals surface area (Å²) in [5, 5.41) is 1.09. The summed E-state index contributed by atoms with van der Waals surface area (Å²) in [4.78, 5) is 40.8. The number of imide groups is 1. The monoisotopic (exact) mass is 303 g/mol. The summed E-state index contributed by atoms with van der Waals surface area (Å²) < 4.78 is 6.21. The summed E-state index contributed by atoms with van der Waals surface area (Å²) in [5.74, 6) is -0.955. The van der Waals surface area contributed by atoms with Gasteiger partial charge in [-0.2, -0.15) is 9.69 Å². The van der Waals surface area contributed by atoms with Gasteiger partial charge in [-0.05, 0) is 19.1 Å². The van der Waals surface area contributed by atoms with E-state index in [1.54, 1.807) is 31.2 Å². The van der Waals surface area contributed by atoms with Crippen LogP contribution in [0.3, 0.4) is 0 Å². The first kappa shape index (κ1) is 15.8. The van der Waals surface area contributed by atoms with E-state index in [-0.39, 0.29) is 5.82 Å². The minimum atomic E-state index is -0.573. The Bertz CT molecular complexity index is 783. The van der Waals surface area contributed by atoms with Crippen LogP contribution in [-0.2, 0) is 14.3 Å². The van der Waals surface area contributed by atoms with Gasteiger partial charge in [-0.3, -0.25) is 14.4 Å². The average Bonchev–Trinajstić information content (AvgIpc) is 2.48. The Morgan fingerprint density at radius 1 is 1.23 bits per heavy atom. The first-order chi connectivity index (χ1) is 10.4. The fourth-order valence-electron chi connectivity index (χ4n) is 2.21. The number of carbonyl (C=O) groups is 2. The lowest BCUT2D eigenvalue weighted by Crippen LogP contribution is -2.50. The molecule has 0 spiro atoms. The number of hydrogen-bond acceptors (Lipinski definition) is 5.